The van der Waals surface area contributed by atoms with Gasteiger partial charge in [0, 0.05) is 34.2 Å². The molecular formula is C26H59N5. The van der Waals surface area contributed by atoms with Gasteiger partial charge in [0.2, 0.25) is 0 Å². The van der Waals surface area contributed by atoms with Crippen molar-refractivity contribution in [1.82, 2.24) is 26.2 Å². The highest BCUT2D eigenvalue weighted by Gasteiger charge is 2.39. The Morgan fingerprint density at radius 3 is 1.42 bits per heavy atom. The molecule has 0 spiro atoms. The summed E-state index contributed by atoms with van der Waals surface area (Å²) in [5.74, 6) is 0. The van der Waals surface area contributed by atoms with Gasteiger partial charge >= 0.3 is 0 Å². The summed E-state index contributed by atoms with van der Waals surface area (Å²) >= 11 is 0. The molecule has 2 aliphatic heterocycles. The lowest BCUT2D eigenvalue weighted by molar-refractivity contribution is 0.0809. The Morgan fingerprint density at radius 1 is 0.742 bits per heavy atom. The van der Waals surface area contributed by atoms with E-state index >= 15 is 0 Å². The van der Waals surface area contributed by atoms with E-state index in [1.807, 2.05) is 14.1 Å². The Bertz CT molecular complexity index is 452. The highest BCUT2D eigenvalue weighted by molar-refractivity contribution is 5.00. The first kappa shape index (κ1) is 30.8. The summed E-state index contributed by atoms with van der Waals surface area (Å²) in [6.07, 6.45) is 7.57. The number of nitrogens with one attached hydrogen (secondary N) is 4. The molecule has 2 heterocycles. The SMILES string of the molecule is CCCCN(C)C1CC(C)(C)NC(C)(C)C1.CNC.CNC1CC(C)(C)NC(C)(C)C1. The fraction of sp³-hybridized carbons (Fsp3) is 1.00. The second kappa shape index (κ2) is 12.9. The molecule has 188 valence electrons. The summed E-state index contributed by atoms with van der Waals surface area (Å²) in [6, 6.07) is 1.40. The zero-order valence-corrected chi connectivity index (χ0v) is 23.6. The molecule has 0 radical (unpaired) electrons. The highest BCUT2D eigenvalue weighted by atomic mass is 15.2. The van der Waals surface area contributed by atoms with Crippen LogP contribution in [0.1, 0.15) is 101 Å². The first-order valence-corrected chi connectivity index (χ1v) is 12.6. The van der Waals surface area contributed by atoms with Crippen LogP contribution in [0.3, 0.4) is 0 Å². The minimum atomic E-state index is 0.271. The van der Waals surface area contributed by atoms with E-state index in [0.29, 0.717) is 6.04 Å². The van der Waals surface area contributed by atoms with Crippen molar-refractivity contribution in [2.75, 3.05) is 34.7 Å². The molecule has 2 aliphatic rings. The van der Waals surface area contributed by atoms with Crippen LogP contribution in [-0.4, -0.2) is 73.9 Å². The number of unbranched alkanes of at least 4 members (excludes halogenated alkanes) is 1. The van der Waals surface area contributed by atoms with Crippen LogP contribution in [0.15, 0.2) is 0 Å². The quantitative estimate of drug-likeness (QED) is 0.510. The van der Waals surface area contributed by atoms with Crippen LogP contribution in [0, 0.1) is 0 Å². The first-order valence-electron chi connectivity index (χ1n) is 12.6. The second-order valence-corrected chi connectivity index (χ2v) is 12.6. The van der Waals surface area contributed by atoms with E-state index in [-0.39, 0.29) is 22.2 Å². The number of piperidine rings is 2. The van der Waals surface area contributed by atoms with E-state index in [4.69, 9.17) is 0 Å². The summed E-state index contributed by atoms with van der Waals surface area (Å²) in [5.41, 5.74) is 1.09. The second-order valence-electron chi connectivity index (χ2n) is 12.6. The minimum absolute atomic E-state index is 0.271. The molecule has 0 unspecified atom stereocenters. The molecule has 4 N–H and O–H groups in total. The number of rotatable bonds is 5. The van der Waals surface area contributed by atoms with Crippen LogP contribution in [0.4, 0.5) is 0 Å². The fourth-order valence-corrected chi connectivity index (χ4v) is 5.70. The minimum Gasteiger partial charge on any atom is -0.323 e. The van der Waals surface area contributed by atoms with Crippen molar-refractivity contribution in [1.29, 1.82) is 0 Å². The van der Waals surface area contributed by atoms with Crippen molar-refractivity contribution in [3.8, 4) is 0 Å². The topological polar surface area (TPSA) is 51.4 Å². The van der Waals surface area contributed by atoms with E-state index in [1.165, 1.54) is 45.1 Å². The van der Waals surface area contributed by atoms with Crippen LogP contribution in [0.25, 0.3) is 0 Å². The van der Waals surface area contributed by atoms with Gasteiger partial charge in [-0.25, -0.2) is 0 Å². The molecule has 0 amide bonds. The Labute approximate surface area is 196 Å². The Morgan fingerprint density at radius 2 is 1.10 bits per heavy atom. The predicted octanol–water partition coefficient (Wildman–Crippen LogP) is 4.38. The fourth-order valence-electron chi connectivity index (χ4n) is 5.70. The van der Waals surface area contributed by atoms with Gasteiger partial charge in [-0.05, 0) is 122 Å². The van der Waals surface area contributed by atoms with Gasteiger partial charge in [-0.3, -0.25) is 0 Å². The summed E-state index contributed by atoms with van der Waals surface area (Å²) in [7, 11) is 8.10. The molecule has 2 saturated heterocycles. The molecule has 2 rings (SSSR count). The third kappa shape index (κ3) is 13.2. The van der Waals surface area contributed by atoms with Crippen LogP contribution in [-0.2, 0) is 0 Å². The zero-order valence-electron chi connectivity index (χ0n) is 23.6. The smallest absolute Gasteiger partial charge is 0.0145 e. The number of nitrogens with zero attached hydrogens (tertiary/aromatic N) is 1. The van der Waals surface area contributed by atoms with Gasteiger partial charge in [0.25, 0.3) is 0 Å². The summed E-state index contributed by atoms with van der Waals surface area (Å²) in [6.45, 7) is 21.9. The van der Waals surface area contributed by atoms with Gasteiger partial charge in [-0.1, -0.05) is 13.3 Å². The number of hydrogen-bond acceptors (Lipinski definition) is 5. The van der Waals surface area contributed by atoms with Gasteiger partial charge < -0.3 is 26.2 Å². The number of hydrogen-bond donors (Lipinski definition) is 4. The van der Waals surface area contributed by atoms with Crippen LogP contribution >= 0.6 is 0 Å². The standard InChI is InChI=1S/C14H30N2.C10H22N2.C2H7N/c1-7-8-9-16(6)12-10-13(2,3)15-14(4,5)11-12;1-9(2)6-8(11-5)7-10(3,4)12-9;1-3-2/h12,15H,7-11H2,1-6H3;8,11-12H,6-7H2,1-5H3;3H,1-2H3. The van der Waals surface area contributed by atoms with Gasteiger partial charge in [-0.2, -0.15) is 0 Å². The van der Waals surface area contributed by atoms with Crippen LogP contribution < -0.4 is 21.3 Å². The Hall–Kier alpha value is -0.200. The summed E-state index contributed by atoms with van der Waals surface area (Å²) < 4.78 is 0. The van der Waals surface area contributed by atoms with E-state index < -0.39 is 0 Å². The molecule has 5 nitrogen and oxygen atoms in total. The van der Waals surface area contributed by atoms with Gasteiger partial charge in [-0.15, -0.1) is 0 Å². The van der Waals surface area contributed by atoms with Crippen molar-refractivity contribution >= 4 is 0 Å². The van der Waals surface area contributed by atoms with Crippen molar-refractivity contribution in [2.45, 2.75) is 135 Å². The Balaban J connectivity index is 0.000000531. The third-order valence-corrected chi connectivity index (χ3v) is 6.25. The molecule has 0 aromatic heterocycles. The molecular weight excluding hydrogens is 382 g/mol. The molecule has 0 aromatic carbocycles. The molecule has 0 saturated carbocycles. The van der Waals surface area contributed by atoms with E-state index in [1.54, 1.807) is 0 Å². The third-order valence-electron chi connectivity index (χ3n) is 6.25. The van der Waals surface area contributed by atoms with Crippen molar-refractivity contribution in [2.24, 2.45) is 0 Å². The highest BCUT2D eigenvalue weighted by Crippen LogP contribution is 2.31. The molecule has 31 heavy (non-hydrogen) atoms. The molecule has 2 fully saturated rings. The van der Waals surface area contributed by atoms with E-state index in [0.717, 1.165) is 6.04 Å². The van der Waals surface area contributed by atoms with Crippen LogP contribution in [0.5, 0.6) is 0 Å². The van der Waals surface area contributed by atoms with Crippen molar-refractivity contribution in [3.63, 3.8) is 0 Å². The average Bonchev–Trinajstić information content (AvgIpc) is 2.55. The maximum atomic E-state index is 3.75. The van der Waals surface area contributed by atoms with E-state index in [9.17, 15) is 0 Å². The predicted molar refractivity (Wildman–Crippen MR) is 140 cm³/mol. The molecule has 0 aliphatic carbocycles. The molecule has 0 bridgehead atoms. The van der Waals surface area contributed by atoms with Gasteiger partial charge in [0.05, 0.1) is 0 Å². The lowest BCUT2D eigenvalue weighted by Gasteiger charge is -2.49. The molecule has 0 atom stereocenters. The maximum absolute atomic E-state index is 3.75. The zero-order chi connectivity index (χ0) is 24.5. The monoisotopic (exact) mass is 441 g/mol. The van der Waals surface area contributed by atoms with Crippen LogP contribution in [0.2, 0.25) is 0 Å². The summed E-state index contributed by atoms with van der Waals surface area (Å²) in [4.78, 5) is 2.56. The largest absolute Gasteiger partial charge is 0.323 e. The van der Waals surface area contributed by atoms with Gasteiger partial charge in [0.1, 0.15) is 0 Å². The Kier molecular flexibility index (Phi) is 12.8. The maximum Gasteiger partial charge on any atom is 0.0145 e. The van der Waals surface area contributed by atoms with Crippen molar-refractivity contribution < 1.29 is 0 Å². The summed E-state index contributed by atoms with van der Waals surface area (Å²) in [5, 5.41) is 13.5. The molecule has 5 heteroatoms. The van der Waals surface area contributed by atoms with E-state index in [2.05, 4.69) is 103 Å². The normalized spacial score (nSPS) is 24.6. The van der Waals surface area contributed by atoms with Gasteiger partial charge in [0.15, 0.2) is 0 Å². The lowest BCUT2D eigenvalue weighted by atomic mass is 9.79. The van der Waals surface area contributed by atoms with Crippen molar-refractivity contribution in [3.05, 3.63) is 0 Å². The molecule has 0 aromatic rings. The lowest BCUT2D eigenvalue weighted by Crippen LogP contribution is -2.61. The first-order chi connectivity index (χ1) is 14.0. The average molecular weight is 442 g/mol.